The molecule has 0 aliphatic heterocycles. The molecule has 88 valence electrons. The number of amides is 1. The van der Waals surface area contributed by atoms with Gasteiger partial charge in [0, 0.05) is 25.5 Å². The van der Waals surface area contributed by atoms with Crippen LogP contribution in [0.5, 0.6) is 0 Å². The first-order valence-electron chi connectivity index (χ1n) is 4.91. The van der Waals surface area contributed by atoms with Gasteiger partial charge in [0.25, 0.3) is 0 Å². The molecule has 0 aliphatic rings. The van der Waals surface area contributed by atoms with E-state index in [1.165, 1.54) is 6.92 Å². The highest BCUT2D eigenvalue weighted by molar-refractivity contribution is 6.33. The van der Waals surface area contributed by atoms with Crippen molar-refractivity contribution in [2.75, 3.05) is 11.9 Å². The molecular formula is C11H14ClNO3. The molecule has 0 fully saturated rings. The van der Waals surface area contributed by atoms with Gasteiger partial charge in [-0.1, -0.05) is 23.7 Å². The fourth-order valence-corrected chi connectivity index (χ4v) is 1.63. The van der Waals surface area contributed by atoms with Crippen molar-refractivity contribution in [2.45, 2.75) is 19.4 Å². The Labute approximate surface area is 98.9 Å². The average Bonchev–Trinajstić information content (AvgIpc) is 2.20. The molecule has 16 heavy (non-hydrogen) atoms. The Morgan fingerprint density at radius 2 is 2.25 bits per heavy atom. The van der Waals surface area contributed by atoms with Crippen molar-refractivity contribution in [3.05, 3.63) is 28.8 Å². The summed E-state index contributed by atoms with van der Waals surface area (Å²) in [7, 11) is 0. The number of halogens is 1. The number of nitrogens with one attached hydrogen (secondary N) is 1. The molecule has 1 amide bonds. The summed E-state index contributed by atoms with van der Waals surface area (Å²) >= 11 is 5.93. The van der Waals surface area contributed by atoms with Crippen LogP contribution in [0.3, 0.4) is 0 Å². The molecule has 5 heteroatoms. The molecule has 0 saturated heterocycles. The zero-order valence-corrected chi connectivity index (χ0v) is 9.66. The van der Waals surface area contributed by atoms with Crippen molar-refractivity contribution in [2.24, 2.45) is 0 Å². The number of anilines is 1. The summed E-state index contributed by atoms with van der Waals surface area (Å²) in [4.78, 5) is 11.0. The maximum Gasteiger partial charge on any atom is 0.221 e. The second-order valence-electron chi connectivity index (χ2n) is 3.41. The van der Waals surface area contributed by atoms with Crippen LogP contribution in [0.2, 0.25) is 5.02 Å². The summed E-state index contributed by atoms with van der Waals surface area (Å²) in [6.45, 7) is 1.23. The van der Waals surface area contributed by atoms with Crippen LogP contribution in [-0.4, -0.2) is 22.7 Å². The Morgan fingerprint density at radius 1 is 1.56 bits per heavy atom. The summed E-state index contributed by atoms with van der Waals surface area (Å²) in [5.41, 5.74) is 0.911. The topological polar surface area (TPSA) is 69.6 Å². The third-order valence-corrected chi connectivity index (χ3v) is 2.42. The van der Waals surface area contributed by atoms with Crippen molar-refractivity contribution < 1.29 is 15.0 Å². The van der Waals surface area contributed by atoms with Gasteiger partial charge in [-0.05, 0) is 6.07 Å². The number of aliphatic hydroxyl groups is 2. The van der Waals surface area contributed by atoms with Gasteiger partial charge in [0.1, 0.15) is 0 Å². The molecule has 1 atom stereocenters. The number of hydrogen-bond acceptors (Lipinski definition) is 3. The van der Waals surface area contributed by atoms with Crippen LogP contribution in [0, 0.1) is 0 Å². The van der Waals surface area contributed by atoms with E-state index in [0.717, 1.165) is 0 Å². The van der Waals surface area contributed by atoms with Gasteiger partial charge in [-0.3, -0.25) is 4.79 Å². The van der Waals surface area contributed by atoms with Gasteiger partial charge in [-0.15, -0.1) is 0 Å². The number of hydrogen-bond donors (Lipinski definition) is 3. The minimum absolute atomic E-state index is 0.132. The SMILES string of the molecule is CC(=O)Nc1c(Cl)cccc1C(O)CCO. The number of carbonyl (C=O) groups excluding carboxylic acids is 1. The van der Waals surface area contributed by atoms with Gasteiger partial charge < -0.3 is 15.5 Å². The normalized spacial score (nSPS) is 12.2. The van der Waals surface area contributed by atoms with E-state index in [-0.39, 0.29) is 18.9 Å². The summed E-state index contributed by atoms with van der Waals surface area (Å²) in [6.07, 6.45) is -0.641. The number of carbonyl (C=O) groups is 1. The lowest BCUT2D eigenvalue weighted by Crippen LogP contribution is -2.11. The van der Waals surface area contributed by atoms with Gasteiger partial charge >= 0.3 is 0 Å². The van der Waals surface area contributed by atoms with Crippen LogP contribution in [0.4, 0.5) is 5.69 Å². The summed E-state index contributed by atoms with van der Waals surface area (Å²) in [6, 6.07) is 4.98. The lowest BCUT2D eigenvalue weighted by Gasteiger charge is -2.16. The minimum atomic E-state index is -0.842. The van der Waals surface area contributed by atoms with E-state index in [9.17, 15) is 9.90 Å². The molecule has 1 aromatic carbocycles. The number of benzene rings is 1. The quantitative estimate of drug-likeness (QED) is 0.754. The maximum absolute atomic E-state index is 11.0. The number of para-hydroxylation sites is 1. The molecule has 1 unspecified atom stereocenters. The highest BCUT2D eigenvalue weighted by atomic mass is 35.5. The fourth-order valence-electron chi connectivity index (χ4n) is 1.40. The van der Waals surface area contributed by atoms with Crippen molar-refractivity contribution in [3.8, 4) is 0 Å². The van der Waals surface area contributed by atoms with E-state index in [4.69, 9.17) is 16.7 Å². The molecule has 4 nitrogen and oxygen atoms in total. The third kappa shape index (κ3) is 3.20. The monoisotopic (exact) mass is 243 g/mol. The predicted octanol–water partition coefficient (Wildman–Crippen LogP) is 1.71. The molecular weight excluding hydrogens is 230 g/mol. The molecule has 1 rings (SSSR count). The smallest absolute Gasteiger partial charge is 0.221 e. The first kappa shape index (κ1) is 13.0. The molecule has 0 spiro atoms. The van der Waals surface area contributed by atoms with Gasteiger partial charge in [0.15, 0.2) is 0 Å². The molecule has 0 heterocycles. The maximum atomic E-state index is 11.0. The first-order valence-corrected chi connectivity index (χ1v) is 5.29. The second-order valence-corrected chi connectivity index (χ2v) is 3.82. The van der Waals surface area contributed by atoms with E-state index in [1.54, 1.807) is 18.2 Å². The van der Waals surface area contributed by atoms with E-state index in [0.29, 0.717) is 16.3 Å². The van der Waals surface area contributed by atoms with E-state index < -0.39 is 6.10 Å². The van der Waals surface area contributed by atoms with E-state index >= 15 is 0 Å². The minimum Gasteiger partial charge on any atom is -0.396 e. The third-order valence-electron chi connectivity index (χ3n) is 2.11. The molecule has 1 aromatic rings. The first-order chi connectivity index (χ1) is 7.56. The Kier molecular flexibility index (Phi) is 4.73. The lowest BCUT2D eigenvalue weighted by molar-refractivity contribution is -0.114. The van der Waals surface area contributed by atoms with Crippen molar-refractivity contribution in [1.82, 2.24) is 0 Å². The molecule has 0 radical (unpaired) electrons. The Bertz CT molecular complexity index is 381. The van der Waals surface area contributed by atoms with Gasteiger partial charge in [-0.2, -0.15) is 0 Å². The van der Waals surface area contributed by atoms with Crippen LogP contribution in [0.25, 0.3) is 0 Å². The molecule has 3 N–H and O–H groups in total. The van der Waals surface area contributed by atoms with Crippen molar-refractivity contribution in [3.63, 3.8) is 0 Å². The molecule has 0 aliphatic carbocycles. The van der Waals surface area contributed by atoms with Crippen LogP contribution >= 0.6 is 11.6 Å². The van der Waals surface area contributed by atoms with Gasteiger partial charge in [0.05, 0.1) is 16.8 Å². The lowest BCUT2D eigenvalue weighted by atomic mass is 10.0. The van der Waals surface area contributed by atoms with Gasteiger partial charge in [-0.25, -0.2) is 0 Å². The zero-order valence-electron chi connectivity index (χ0n) is 8.90. The number of aliphatic hydroxyl groups excluding tert-OH is 2. The largest absolute Gasteiger partial charge is 0.396 e. The number of rotatable bonds is 4. The Morgan fingerprint density at radius 3 is 2.81 bits per heavy atom. The van der Waals surface area contributed by atoms with Crippen molar-refractivity contribution >= 4 is 23.2 Å². The van der Waals surface area contributed by atoms with E-state index in [1.807, 2.05) is 0 Å². The summed E-state index contributed by atoms with van der Waals surface area (Å²) in [5.74, 6) is -0.259. The predicted molar refractivity (Wildman–Crippen MR) is 62.4 cm³/mol. The van der Waals surface area contributed by atoms with E-state index in [2.05, 4.69) is 5.32 Å². The van der Waals surface area contributed by atoms with Crippen LogP contribution in [0.1, 0.15) is 25.0 Å². The van der Waals surface area contributed by atoms with Gasteiger partial charge in [0.2, 0.25) is 5.91 Å². The molecule has 0 bridgehead atoms. The summed E-state index contributed by atoms with van der Waals surface area (Å²) < 4.78 is 0. The standard InChI is InChI=1S/C11H14ClNO3/c1-7(15)13-11-8(10(16)5-6-14)3-2-4-9(11)12/h2-4,10,14,16H,5-6H2,1H3,(H,13,15). The molecule has 0 aromatic heterocycles. The highest BCUT2D eigenvalue weighted by Crippen LogP contribution is 2.31. The van der Waals surface area contributed by atoms with Crippen LogP contribution in [-0.2, 0) is 4.79 Å². The van der Waals surface area contributed by atoms with Crippen molar-refractivity contribution in [1.29, 1.82) is 0 Å². The Balaban J connectivity index is 3.06. The highest BCUT2D eigenvalue weighted by Gasteiger charge is 2.15. The van der Waals surface area contributed by atoms with Crippen LogP contribution in [0.15, 0.2) is 18.2 Å². The average molecular weight is 244 g/mol. The second kappa shape index (κ2) is 5.84. The zero-order chi connectivity index (χ0) is 12.1. The fraction of sp³-hybridized carbons (Fsp3) is 0.364. The molecule has 0 saturated carbocycles. The van der Waals surface area contributed by atoms with Crippen LogP contribution < -0.4 is 5.32 Å². The Hall–Kier alpha value is -1.10. The summed E-state index contributed by atoms with van der Waals surface area (Å²) in [5, 5.41) is 21.5.